The van der Waals surface area contributed by atoms with Crippen molar-refractivity contribution in [1.29, 1.82) is 0 Å². The molecule has 4 heteroatoms. The molecule has 11 rings (SSSR count). The lowest BCUT2D eigenvalue weighted by atomic mass is 9.68. The molecule has 3 aliphatic carbocycles. The van der Waals surface area contributed by atoms with Crippen molar-refractivity contribution in [3.05, 3.63) is 204 Å². The quantitative estimate of drug-likeness (QED) is 0.176. The summed E-state index contributed by atoms with van der Waals surface area (Å²) in [4.78, 5) is 2.52. The molecule has 0 saturated carbocycles. The Morgan fingerprint density at radius 1 is 0.596 bits per heavy atom. The van der Waals surface area contributed by atoms with Gasteiger partial charge >= 0.3 is 0 Å². The molecule has 1 aliphatic heterocycles. The molecule has 0 N–H and O–H groups in total. The van der Waals surface area contributed by atoms with Crippen molar-refractivity contribution in [1.82, 2.24) is 4.57 Å². The van der Waals surface area contributed by atoms with E-state index < -0.39 is 0 Å². The predicted molar refractivity (Wildman–Crippen MR) is 233 cm³/mol. The second kappa shape index (κ2) is 12.8. The molecule has 7 aromatic rings. The standard InChI is InChI=1S/C53H44N2O2/c1-33-30-50-51(57-49-21-13-12-20-48(49)56-50)32-42(33)35-22-24-37(25-23-35)54(45-29-27-41-39-16-8-10-18-44(39)53(3,4)52(41)34(45)2)38-26-28-47-43(31-38)40-17-9-11-19-46(40)55(47)36-14-6-5-7-15-36/h5-34,42,52H,1-4H3. The maximum Gasteiger partial charge on any atom is 0.170 e. The minimum absolute atomic E-state index is 0.00759. The van der Waals surface area contributed by atoms with Crippen molar-refractivity contribution in [3.8, 4) is 17.2 Å². The summed E-state index contributed by atoms with van der Waals surface area (Å²) in [5, 5.41) is 2.49. The molecule has 6 aromatic carbocycles. The maximum absolute atomic E-state index is 6.36. The Labute approximate surface area is 334 Å². The highest BCUT2D eigenvalue weighted by Gasteiger charge is 2.48. The molecule has 0 saturated heterocycles. The molecular formula is C53H44N2O2. The van der Waals surface area contributed by atoms with Gasteiger partial charge in [0.15, 0.2) is 23.0 Å². The van der Waals surface area contributed by atoms with Crippen molar-refractivity contribution in [2.75, 3.05) is 4.90 Å². The second-order valence-corrected chi connectivity index (χ2v) is 16.7. The van der Waals surface area contributed by atoms with E-state index in [-0.39, 0.29) is 23.2 Å². The highest BCUT2D eigenvalue weighted by molar-refractivity contribution is 6.10. The lowest BCUT2D eigenvalue weighted by molar-refractivity contribution is 0.281. The van der Waals surface area contributed by atoms with Crippen LogP contribution in [0, 0.1) is 17.8 Å². The molecule has 57 heavy (non-hydrogen) atoms. The van der Waals surface area contributed by atoms with Gasteiger partial charge < -0.3 is 18.9 Å². The molecule has 1 aromatic heterocycles. The topological polar surface area (TPSA) is 26.6 Å². The lowest BCUT2D eigenvalue weighted by Crippen LogP contribution is -2.35. The third-order valence-electron chi connectivity index (χ3n) is 13.0. The minimum atomic E-state index is -0.00759. The van der Waals surface area contributed by atoms with Gasteiger partial charge in [-0.15, -0.1) is 0 Å². The van der Waals surface area contributed by atoms with Crippen molar-refractivity contribution in [2.24, 2.45) is 17.8 Å². The zero-order valence-electron chi connectivity index (χ0n) is 32.7. The van der Waals surface area contributed by atoms with Gasteiger partial charge in [0.05, 0.1) is 11.0 Å². The van der Waals surface area contributed by atoms with E-state index in [4.69, 9.17) is 9.47 Å². The van der Waals surface area contributed by atoms with Crippen LogP contribution in [0.4, 0.5) is 11.4 Å². The first kappa shape index (κ1) is 33.8. The fourth-order valence-electron chi connectivity index (χ4n) is 10.4. The predicted octanol–water partition coefficient (Wildman–Crippen LogP) is 13.4. The third-order valence-corrected chi connectivity index (χ3v) is 13.0. The van der Waals surface area contributed by atoms with Crippen LogP contribution >= 0.6 is 0 Å². The monoisotopic (exact) mass is 740 g/mol. The Kier molecular flexibility index (Phi) is 7.56. The molecule has 4 nitrogen and oxygen atoms in total. The average Bonchev–Trinajstić information content (AvgIpc) is 3.69. The van der Waals surface area contributed by atoms with Crippen molar-refractivity contribution in [3.63, 3.8) is 0 Å². The van der Waals surface area contributed by atoms with Gasteiger partial charge in [-0.05, 0) is 112 Å². The maximum atomic E-state index is 6.36. The molecule has 4 aliphatic rings. The number of anilines is 2. The normalized spacial score (nSPS) is 21.5. The molecule has 278 valence electrons. The first-order valence-electron chi connectivity index (χ1n) is 20.2. The highest BCUT2D eigenvalue weighted by Crippen LogP contribution is 2.57. The van der Waals surface area contributed by atoms with Crippen LogP contribution in [-0.4, -0.2) is 4.57 Å². The zero-order chi connectivity index (χ0) is 38.4. The summed E-state index contributed by atoms with van der Waals surface area (Å²) in [6.07, 6.45) is 9.23. The average molecular weight is 741 g/mol. The van der Waals surface area contributed by atoms with Gasteiger partial charge in [0.1, 0.15) is 0 Å². The summed E-state index contributed by atoms with van der Waals surface area (Å²) < 4.78 is 15.0. The van der Waals surface area contributed by atoms with E-state index >= 15 is 0 Å². The Morgan fingerprint density at radius 2 is 1.25 bits per heavy atom. The van der Waals surface area contributed by atoms with Crippen molar-refractivity contribution < 1.29 is 9.47 Å². The van der Waals surface area contributed by atoms with Gasteiger partial charge in [0.25, 0.3) is 0 Å². The number of hydrogen-bond donors (Lipinski definition) is 0. The fraction of sp³-hybridized carbons (Fsp3) is 0.170. The molecular weight excluding hydrogens is 697 g/mol. The van der Waals surface area contributed by atoms with Crippen LogP contribution in [0.1, 0.15) is 50.3 Å². The summed E-state index contributed by atoms with van der Waals surface area (Å²) in [5.41, 5.74) is 12.7. The second-order valence-electron chi connectivity index (χ2n) is 16.7. The molecule has 4 atom stereocenters. The van der Waals surface area contributed by atoms with Crippen LogP contribution in [0.15, 0.2) is 187 Å². The van der Waals surface area contributed by atoms with Gasteiger partial charge in [-0.1, -0.05) is 119 Å². The Bertz CT molecular complexity index is 2870. The van der Waals surface area contributed by atoms with E-state index in [9.17, 15) is 0 Å². The number of aromatic nitrogens is 1. The molecule has 0 bridgehead atoms. The number of ether oxygens (including phenoxy) is 2. The van der Waals surface area contributed by atoms with Crippen LogP contribution in [-0.2, 0) is 5.41 Å². The van der Waals surface area contributed by atoms with Gasteiger partial charge in [-0.3, -0.25) is 0 Å². The largest absolute Gasteiger partial charge is 0.450 e. The Morgan fingerprint density at radius 3 is 2.04 bits per heavy atom. The Hall–Kier alpha value is -6.52. The number of fused-ring (bicyclic) bond motifs is 8. The van der Waals surface area contributed by atoms with Crippen LogP contribution in [0.25, 0.3) is 33.1 Å². The third kappa shape index (κ3) is 5.20. The first-order chi connectivity index (χ1) is 27.8. The number of rotatable bonds is 5. The number of para-hydroxylation sites is 4. The number of nitrogens with zero attached hydrogens (tertiary/aromatic N) is 2. The van der Waals surface area contributed by atoms with Gasteiger partial charge in [-0.2, -0.15) is 0 Å². The summed E-state index contributed by atoms with van der Waals surface area (Å²) in [7, 11) is 0. The number of allylic oxidation sites excluding steroid dienone is 6. The minimum Gasteiger partial charge on any atom is -0.450 e. The fourth-order valence-corrected chi connectivity index (χ4v) is 10.4. The molecule has 0 fully saturated rings. The summed E-state index contributed by atoms with van der Waals surface area (Å²) in [6.45, 7) is 9.55. The number of hydrogen-bond acceptors (Lipinski definition) is 3. The Balaban J connectivity index is 1.04. The van der Waals surface area contributed by atoms with E-state index in [1.54, 1.807) is 0 Å². The van der Waals surface area contributed by atoms with Crippen molar-refractivity contribution in [2.45, 2.75) is 39.0 Å². The van der Waals surface area contributed by atoms with Gasteiger partial charge in [0, 0.05) is 51.3 Å². The van der Waals surface area contributed by atoms with Crippen LogP contribution < -0.4 is 14.4 Å². The smallest absolute Gasteiger partial charge is 0.170 e. The first-order valence-corrected chi connectivity index (χ1v) is 20.2. The zero-order valence-corrected chi connectivity index (χ0v) is 32.7. The molecule has 0 spiro atoms. The molecule has 2 heterocycles. The summed E-state index contributed by atoms with van der Waals surface area (Å²) in [5.74, 6) is 4.09. The van der Waals surface area contributed by atoms with E-state index in [0.717, 1.165) is 40.1 Å². The van der Waals surface area contributed by atoms with E-state index in [0.29, 0.717) is 5.92 Å². The molecule has 0 radical (unpaired) electrons. The van der Waals surface area contributed by atoms with Crippen LogP contribution in [0.5, 0.6) is 11.5 Å². The SMILES string of the molecule is CC1C=C2Oc3ccccc3OC2=CC1c1ccc(N(C2=CC=C3c4ccccc4C(C)(C)C3C2C)c2ccc3c(c2)c2ccccc2n3-c2ccccc2)cc1. The van der Waals surface area contributed by atoms with E-state index in [2.05, 4.69) is 183 Å². The number of benzene rings is 6. The summed E-state index contributed by atoms with van der Waals surface area (Å²) >= 11 is 0. The van der Waals surface area contributed by atoms with E-state index in [1.165, 1.54) is 49.8 Å². The van der Waals surface area contributed by atoms with Crippen molar-refractivity contribution >= 4 is 38.8 Å². The summed E-state index contributed by atoms with van der Waals surface area (Å²) in [6, 6.07) is 52.7. The molecule has 0 amide bonds. The van der Waals surface area contributed by atoms with Gasteiger partial charge in [0.2, 0.25) is 0 Å². The van der Waals surface area contributed by atoms with Gasteiger partial charge in [-0.25, -0.2) is 0 Å². The highest BCUT2D eigenvalue weighted by atomic mass is 16.6. The lowest BCUT2D eigenvalue weighted by Gasteiger charge is -2.41. The van der Waals surface area contributed by atoms with E-state index in [1.807, 2.05) is 24.3 Å². The molecule has 4 unspecified atom stereocenters. The van der Waals surface area contributed by atoms with Crippen LogP contribution in [0.2, 0.25) is 0 Å². The van der Waals surface area contributed by atoms with Crippen LogP contribution in [0.3, 0.4) is 0 Å².